The van der Waals surface area contributed by atoms with Crippen LogP contribution in [0.2, 0.25) is 0 Å². The Kier molecular flexibility index (Phi) is 3.21. The molecule has 1 N–H and O–H groups in total. The van der Waals surface area contributed by atoms with E-state index in [0.29, 0.717) is 16.5 Å². The van der Waals surface area contributed by atoms with Crippen molar-refractivity contribution in [3.05, 3.63) is 40.3 Å². The van der Waals surface area contributed by atoms with Gasteiger partial charge in [0, 0.05) is 6.20 Å². The highest BCUT2D eigenvalue weighted by Gasteiger charge is 2.13. The molecule has 6 heteroatoms. The second-order valence-electron chi connectivity index (χ2n) is 3.13. The first-order valence-corrected chi connectivity index (χ1v) is 5.98. The van der Waals surface area contributed by atoms with E-state index < -0.39 is 5.56 Å². The van der Waals surface area contributed by atoms with Gasteiger partial charge in [-0.25, -0.2) is 4.98 Å². The highest BCUT2D eigenvalue weighted by atomic mass is 32.2. The van der Waals surface area contributed by atoms with Crippen molar-refractivity contribution in [3.63, 3.8) is 0 Å². The molecule has 0 unspecified atom stereocenters. The molecule has 0 spiro atoms. The molecule has 0 aromatic carbocycles. The van der Waals surface area contributed by atoms with Gasteiger partial charge in [0.15, 0.2) is 5.16 Å². The SMILES string of the molecule is CSc1nc(-c2ccccn2)c(C#N)c(=O)[nH]1. The number of nitrogens with zero attached hydrogens (tertiary/aromatic N) is 3. The van der Waals surface area contributed by atoms with E-state index in [-0.39, 0.29) is 5.56 Å². The summed E-state index contributed by atoms with van der Waals surface area (Å²) < 4.78 is 0. The third-order valence-electron chi connectivity index (χ3n) is 2.11. The Bertz CT molecular complexity index is 630. The lowest BCUT2D eigenvalue weighted by molar-refractivity contribution is 0.933. The van der Waals surface area contributed by atoms with Gasteiger partial charge in [-0.3, -0.25) is 9.78 Å². The van der Waals surface area contributed by atoms with Crippen molar-refractivity contribution >= 4 is 11.8 Å². The zero-order valence-corrected chi connectivity index (χ0v) is 9.78. The van der Waals surface area contributed by atoms with Crippen LogP contribution in [-0.4, -0.2) is 21.2 Å². The summed E-state index contributed by atoms with van der Waals surface area (Å²) in [6, 6.07) is 7.12. The first kappa shape index (κ1) is 11.4. The van der Waals surface area contributed by atoms with Gasteiger partial charge in [0.05, 0.1) is 5.69 Å². The van der Waals surface area contributed by atoms with E-state index >= 15 is 0 Å². The molecule has 0 fully saturated rings. The van der Waals surface area contributed by atoms with Gasteiger partial charge in [-0.15, -0.1) is 0 Å². The van der Waals surface area contributed by atoms with Crippen molar-refractivity contribution in [1.29, 1.82) is 5.26 Å². The summed E-state index contributed by atoms with van der Waals surface area (Å²) in [4.78, 5) is 22.5. The molecule has 0 bridgehead atoms. The van der Waals surface area contributed by atoms with Gasteiger partial charge in [-0.05, 0) is 18.4 Å². The summed E-state index contributed by atoms with van der Waals surface area (Å²) in [6.45, 7) is 0. The molecule has 2 heterocycles. The number of H-pyrrole nitrogens is 1. The first-order chi connectivity index (χ1) is 8.26. The Labute approximate surface area is 102 Å². The minimum Gasteiger partial charge on any atom is -0.300 e. The lowest BCUT2D eigenvalue weighted by Crippen LogP contribution is -2.14. The van der Waals surface area contributed by atoms with E-state index in [0.717, 1.165) is 0 Å². The van der Waals surface area contributed by atoms with Crippen LogP contribution in [0.15, 0.2) is 34.3 Å². The molecule has 0 saturated carbocycles. The van der Waals surface area contributed by atoms with Crippen molar-refractivity contribution in [1.82, 2.24) is 15.0 Å². The Morgan fingerprint density at radius 1 is 1.47 bits per heavy atom. The molecule has 84 valence electrons. The van der Waals surface area contributed by atoms with E-state index in [9.17, 15) is 4.79 Å². The molecule has 0 radical (unpaired) electrons. The fraction of sp³-hybridized carbons (Fsp3) is 0.0909. The topological polar surface area (TPSA) is 82.4 Å². The fourth-order valence-electron chi connectivity index (χ4n) is 1.34. The predicted octanol–water partition coefficient (Wildman–Crippen LogP) is 1.43. The largest absolute Gasteiger partial charge is 0.300 e. The molecule has 5 nitrogen and oxygen atoms in total. The van der Waals surface area contributed by atoms with E-state index in [1.54, 1.807) is 30.7 Å². The number of nitriles is 1. The average molecular weight is 244 g/mol. The molecule has 2 rings (SSSR count). The molecule has 0 aliphatic heterocycles. The molecule has 0 aliphatic rings. The Morgan fingerprint density at radius 3 is 2.88 bits per heavy atom. The summed E-state index contributed by atoms with van der Waals surface area (Å²) in [5.41, 5.74) is 0.389. The van der Waals surface area contributed by atoms with Crippen molar-refractivity contribution in [2.75, 3.05) is 6.26 Å². The zero-order chi connectivity index (χ0) is 12.3. The average Bonchev–Trinajstić information content (AvgIpc) is 2.38. The summed E-state index contributed by atoms with van der Waals surface area (Å²) >= 11 is 1.31. The number of hydrogen-bond donors (Lipinski definition) is 1. The summed E-state index contributed by atoms with van der Waals surface area (Å²) in [7, 11) is 0. The standard InChI is InChI=1S/C11H8N4OS/c1-17-11-14-9(7(6-12)10(16)15-11)8-4-2-3-5-13-8/h2-5H,1H3,(H,14,15,16). The molecule has 0 aliphatic carbocycles. The maximum absolute atomic E-state index is 11.7. The van der Waals surface area contributed by atoms with Crippen LogP contribution in [0.4, 0.5) is 0 Å². The minimum absolute atomic E-state index is 0.0125. The number of aromatic amines is 1. The maximum atomic E-state index is 11.7. The molecule has 0 amide bonds. The number of hydrogen-bond acceptors (Lipinski definition) is 5. The molecule has 0 saturated heterocycles. The molecule has 2 aromatic heterocycles. The maximum Gasteiger partial charge on any atom is 0.270 e. The van der Waals surface area contributed by atoms with Gasteiger partial charge in [-0.1, -0.05) is 17.8 Å². The highest BCUT2D eigenvalue weighted by molar-refractivity contribution is 7.98. The molecule has 2 aromatic rings. The van der Waals surface area contributed by atoms with E-state index in [2.05, 4.69) is 15.0 Å². The lowest BCUT2D eigenvalue weighted by atomic mass is 10.2. The summed E-state index contributed by atoms with van der Waals surface area (Å²) in [5.74, 6) is 0. The Balaban J connectivity index is 2.72. The number of rotatable bonds is 2. The lowest BCUT2D eigenvalue weighted by Gasteiger charge is -2.03. The smallest absolute Gasteiger partial charge is 0.270 e. The minimum atomic E-state index is -0.437. The van der Waals surface area contributed by atoms with E-state index in [1.165, 1.54) is 11.8 Å². The van der Waals surface area contributed by atoms with Crippen LogP contribution in [0.5, 0.6) is 0 Å². The number of aromatic nitrogens is 3. The third kappa shape index (κ3) is 2.19. The van der Waals surface area contributed by atoms with E-state index in [1.807, 2.05) is 6.07 Å². The second-order valence-corrected chi connectivity index (χ2v) is 3.92. The summed E-state index contributed by atoms with van der Waals surface area (Å²) in [6.07, 6.45) is 3.39. The highest BCUT2D eigenvalue weighted by Crippen LogP contribution is 2.18. The van der Waals surface area contributed by atoms with Gasteiger partial charge in [0.1, 0.15) is 17.3 Å². The fourth-order valence-corrected chi connectivity index (χ4v) is 1.72. The van der Waals surface area contributed by atoms with Crippen LogP contribution in [0.3, 0.4) is 0 Å². The Morgan fingerprint density at radius 2 is 2.29 bits per heavy atom. The Hall–Kier alpha value is -2.13. The van der Waals surface area contributed by atoms with E-state index in [4.69, 9.17) is 5.26 Å². The van der Waals surface area contributed by atoms with Gasteiger partial charge in [0.25, 0.3) is 5.56 Å². The van der Waals surface area contributed by atoms with Gasteiger partial charge < -0.3 is 4.98 Å². The van der Waals surface area contributed by atoms with Crippen molar-refractivity contribution in [2.24, 2.45) is 0 Å². The van der Waals surface area contributed by atoms with Crippen LogP contribution >= 0.6 is 11.8 Å². The van der Waals surface area contributed by atoms with Gasteiger partial charge >= 0.3 is 0 Å². The molecule has 0 atom stereocenters. The van der Waals surface area contributed by atoms with Crippen LogP contribution in [0, 0.1) is 11.3 Å². The normalized spacial score (nSPS) is 9.88. The third-order valence-corrected chi connectivity index (χ3v) is 2.69. The number of pyridine rings is 1. The first-order valence-electron chi connectivity index (χ1n) is 4.76. The van der Waals surface area contributed by atoms with Crippen LogP contribution < -0.4 is 5.56 Å². The van der Waals surface area contributed by atoms with Crippen molar-refractivity contribution < 1.29 is 0 Å². The molecular weight excluding hydrogens is 236 g/mol. The summed E-state index contributed by atoms with van der Waals surface area (Å²) in [5, 5.41) is 9.45. The number of thioether (sulfide) groups is 1. The van der Waals surface area contributed by atoms with Crippen LogP contribution in [0.25, 0.3) is 11.4 Å². The second kappa shape index (κ2) is 4.80. The van der Waals surface area contributed by atoms with Gasteiger partial charge in [-0.2, -0.15) is 5.26 Å². The van der Waals surface area contributed by atoms with Crippen molar-refractivity contribution in [2.45, 2.75) is 5.16 Å². The van der Waals surface area contributed by atoms with Crippen LogP contribution in [-0.2, 0) is 0 Å². The van der Waals surface area contributed by atoms with Gasteiger partial charge in [0.2, 0.25) is 0 Å². The van der Waals surface area contributed by atoms with Crippen LogP contribution in [0.1, 0.15) is 5.56 Å². The monoisotopic (exact) mass is 244 g/mol. The number of nitrogens with one attached hydrogen (secondary N) is 1. The molecular formula is C11H8N4OS. The van der Waals surface area contributed by atoms with Crippen molar-refractivity contribution in [3.8, 4) is 17.5 Å². The zero-order valence-electron chi connectivity index (χ0n) is 8.97. The quantitative estimate of drug-likeness (QED) is 0.638. The molecule has 17 heavy (non-hydrogen) atoms. The predicted molar refractivity (Wildman–Crippen MR) is 64.6 cm³/mol.